The average molecular weight is 243 g/mol. The van der Waals surface area contributed by atoms with Gasteiger partial charge in [0.05, 0.1) is 6.61 Å². The molecule has 1 atom stereocenters. The van der Waals surface area contributed by atoms with E-state index >= 15 is 0 Å². The molecular weight excluding hydrogens is 226 g/mol. The standard InChI is InChI=1S/C14H17N3O/c1-14(8-18-2)16-11-5-3-4-9-10(15)6-7-12(17-14)13(9)11/h3-7,16-17H,8,15H2,1-2H3. The van der Waals surface area contributed by atoms with E-state index in [1.807, 2.05) is 24.3 Å². The molecule has 4 N–H and O–H groups in total. The van der Waals surface area contributed by atoms with E-state index in [-0.39, 0.29) is 5.66 Å². The Balaban J connectivity index is 2.20. The van der Waals surface area contributed by atoms with Gasteiger partial charge in [-0.05, 0) is 25.1 Å². The first-order chi connectivity index (χ1) is 8.63. The molecule has 0 spiro atoms. The van der Waals surface area contributed by atoms with Gasteiger partial charge in [0.25, 0.3) is 0 Å². The van der Waals surface area contributed by atoms with Crippen molar-refractivity contribution in [3.8, 4) is 0 Å². The van der Waals surface area contributed by atoms with Crippen molar-refractivity contribution < 1.29 is 4.74 Å². The molecule has 0 saturated heterocycles. The van der Waals surface area contributed by atoms with Crippen molar-refractivity contribution in [2.24, 2.45) is 0 Å². The van der Waals surface area contributed by atoms with Gasteiger partial charge in [-0.3, -0.25) is 0 Å². The number of rotatable bonds is 2. The van der Waals surface area contributed by atoms with E-state index in [9.17, 15) is 0 Å². The molecule has 2 aromatic rings. The molecule has 1 unspecified atom stereocenters. The maximum Gasteiger partial charge on any atom is 0.129 e. The minimum atomic E-state index is -0.299. The lowest BCUT2D eigenvalue weighted by molar-refractivity contribution is 0.161. The van der Waals surface area contributed by atoms with Crippen molar-refractivity contribution in [2.75, 3.05) is 30.1 Å². The minimum Gasteiger partial charge on any atom is -0.398 e. The van der Waals surface area contributed by atoms with Crippen LogP contribution in [0.4, 0.5) is 17.1 Å². The molecule has 1 aliphatic heterocycles. The normalized spacial score (nSPS) is 21.4. The molecule has 0 aromatic heterocycles. The van der Waals surface area contributed by atoms with E-state index in [0.29, 0.717) is 6.61 Å². The highest BCUT2D eigenvalue weighted by Crippen LogP contribution is 2.39. The van der Waals surface area contributed by atoms with Crippen molar-refractivity contribution in [3.63, 3.8) is 0 Å². The Hall–Kier alpha value is -1.94. The van der Waals surface area contributed by atoms with Gasteiger partial charge < -0.3 is 21.1 Å². The molecule has 0 amide bonds. The molecule has 0 radical (unpaired) electrons. The molecule has 18 heavy (non-hydrogen) atoms. The van der Waals surface area contributed by atoms with Crippen LogP contribution >= 0.6 is 0 Å². The van der Waals surface area contributed by atoms with Gasteiger partial charge in [0, 0.05) is 34.9 Å². The number of hydrogen-bond acceptors (Lipinski definition) is 4. The van der Waals surface area contributed by atoms with Crippen LogP contribution in [0.1, 0.15) is 6.92 Å². The molecule has 0 saturated carbocycles. The van der Waals surface area contributed by atoms with Crippen molar-refractivity contribution in [3.05, 3.63) is 30.3 Å². The highest BCUT2D eigenvalue weighted by Gasteiger charge is 2.29. The van der Waals surface area contributed by atoms with Gasteiger partial charge in [-0.15, -0.1) is 0 Å². The third kappa shape index (κ3) is 1.57. The van der Waals surface area contributed by atoms with Crippen LogP contribution in [0.25, 0.3) is 10.8 Å². The summed E-state index contributed by atoms with van der Waals surface area (Å²) in [6.07, 6.45) is 0. The predicted molar refractivity (Wildman–Crippen MR) is 75.9 cm³/mol. The Bertz CT molecular complexity index is 597. The maximum absolute atomic E-state index is 6.02. The lowest BCUT2D eigenvalue weighted by Gasteiger charge is -2.38. The van der Waals surface area contributed by atoms with Crippen molar-refractivity contribution in [1.82, 2.24) is 0 Å². The number of nitrogens with one attached hydrogen (secondary N) is 2. The zero-order chi connectivity index (χ0) is 12.8. The fourth-order valence-corrected chi connectivity index (χ4v) is 2.62. The van der Waals surface area contributed by atoms with Crippen LogP contribution in [0.5, 0.6) is 0 Å². The fraction of sp³-hybridized carbons (Fsp3) is 0.286. The summed E-state index contributed by atoms with van der Waals surface area (Å²) in [6, 6.07) is 10.1. The first-order valence-corrected chi connectivity index (χ1v) is 5.99. The maximum atomic E-state index is 6.02. The third-order valence-corrected chi connectivity index (χ3v) is 3.33. The van der Waals surface area contributed by atoms with E-state index in [1.165, 1.54) is 0 Å². The third-order valence-electron chi connectivity index (χ3n) is 3.33. The Morgan fingerprint density at radius 2 is 1.89 bits per heavy atom. The van der Waals surface area contributed by atoms with Crippen LogP contribution in [-0.2, 0) is 4.74 Å². The summed E-state index contributed by atoms with van der Waals surface area (Å²) in [5, 5.41) is 9.17. The summed E-state index contributed by atoms with van der Waals surface area (Å²) < 4.78 is 5.27. The summed E-state index contributed by atoms with van der Waals surface area (Å²) in [5.74, 6) is 0. The number of nitrogen functional groups attached to an aromatic ring is 1. The molecule has 1 heterocycles. The predicted octanol–water partition coefficient (Wildman–Crippen LogP) is 2.62. The van der Waals surface area contributed by atoms with Gasteiger partial charge >= 0.3 is 0 Å². The topological polar surface area (TPSA) is 59.3 Å². The first-order valence-electron chi connectivity index (χ1n) is 5.99. The van der Waals surface area contributed by atoms with Crippen molar-refractivity contribution in [2.45, 2.75) is 12.6 Å². The molecule has 4 nitrogen and oxygen atoms in total. The lowest BCUT2D eigenvalue weighted by Crippen LogP contribution is -2.48. The first kappa shape index (κ1) is 11.2. The highest BCUT2D eigenvalue weighted by molar-refractivity contribution is 6.09. The van der Waals surface area contributed by atoms with E-state index in [4.69, 9.17) is 10.5 Å². The number of ether oxygens (including phenoxy) is 1. The van der Waals surface area contributed by atoms with Crippen LogP contribution in [0, 0.1) is 0 Å². The second kappa shape index (κ2) is 3.78. The Labute approximate surface area is 106 Å². The summed E-state index contributed by atoms with van der Waals surface area (Å²) in [4.78, 5) is 0. The Morgan fingerprint density at radius 3 is 2.61 bits per heavy atom. The monoisotopic (exact) mass is 243 g/mol. The van der Waals surface area contributed by atoms with E-state index in [2.05, 4.69) is 23.6 Å². The van der Waals surface area contributed by atoms with Gasteiger partial charge in [-0.25, -0.2) is 0 Å². The van der Waals surface area contributed by atoms with Gasteiger partial charge in [-0.1, -0.05) is 12.1 Å². The fourth-order valence-electron chi connectivity index (χ4n) is 2.62. The second-order valence-corrected chi connectivity index (χ2v) is 4.95. The van der Waals surface area contributed by atoms with Crippen molar-refractivity contribution >= 4 is 27.8 Å². The lowest BCUT2D eigenvalue weighted by atomic mass is 9.99. The number of benzene rings is 2. The van der Waals surface area contributed by atoms with Crippen molar-refractivity contribution in [1.29, 1.82) is 0 Å². The van der Waals surface area contributed by atoms with Crippen LogP contribution < -0.4 is 16.4 Å². The molecule has 3 rings (SSSR count). The van der Waals surface area contributed by atoms with Crippen LogP contribution in [0.15, 0.2) is 30.3 Å². The van der Waals surface area contributed by atoms with Gasteiger partial charge in [-0.2, -0.15) is 0 Å². The Morgan fingerprint density at radius 1 is 1.17 bits per heavy atom. The molecule has 0 fully saturated rings. The van der Waals surface area contributed by atoms with E-state index in [1.54, 1.807) is 7.11 Å². The molecule has 0 bridgehead atoms. The van der Waals surface area contributed by atoms with E-state index in [0.717, 1.165) is 27.8 Å². The second-order valence-electron chi connectivity index (χ2n) is 4.95. The molecule has 94 valence electrons. The van der Waals surface area contributed by atoms with Gasteiger partial charge in [0.2, 0.25) is 0 Å². The quantitative estimate of drug-likeness (QED) is 0.710. The molecule has 2 aromatic carbocycles. The molecule has 4 heteroatoms. The average Bonchev–Trinajstić information content (AvgIpc) is 2.33. The Kier molecular flexibility index (Phi) is 2.35. The van der Waals surface area contributed by atoms with Crippen LogP contribution in [-0.4, -0.2) is 19.4 Å². The number of nitrogens with two attached hydrogens (primary N) is 1. The number of anilines is 3. The summed E-state index contributed by atoms with van der Waals surface area (Å²) in [5.41, 5.74) is 8.70. The largest absolute Gasteiger partial charge is 0.398 e. The van der Waals surface area contributed by atoms with Crippen LogP contribution in [0.3, 0.4) is 0 Å². The van der Waals surface area contributed by atoms with Gasteiger partial charge in [0.15, 0.2) is 0 Å². The highest BCUT2D eigenvalue weighted by atomic mass is 16.5. The smallest absolute Gasteiger partial charge is 0.129 e. The summed E-state index contributed by atoms with van der Waals surface area (Å²) >= 11 is 0. The summed E-state index contributed by atoms with van der Waals surface area (Å²) in [6.45, 7) is 2.65. The zero-order valence-corrected chi connectivity index (χ0v) is 10.6. The number of hydrogen-bond donors (Lipinski definition) is 3. The van der Waals surface area contributed by atoms with Crippen LogP contribution in [0.2, 0.25) is 0 Å². The number of methoxy groups -OCH3 is 1. The SMILES string of the molecule is COCC1(C)Nc2cccc3c(N)ccc(c23)N1. The zero-order valence-electron chi connectivity index (χ0n) is 10.6. The van der Waals surface area contributed by atoms with E-state index < -0.39 is 0 Å². The minimum absolute atomic E-state index is 0.299. The molecule has 0 aliphatic carbocycles. The molecule has 1 aliphatic rings. The summed E-state index contributed by atoms with van der Waals surface area (Å²) in [7, 11) is 1.70. The van der Waals surface area contributed by atoms with Gasteiger partial charge in [0.1, 0.15) is 5.66 Å². The molecular formula is C14H17N3O.